The lowest BCUT2D eigenvalue weighted by Gasteiger charge is -2.33. The van der Waals surface area contributed by atoms with E-state index in [0.717, 1.165) is 5.56 Å². The lowest BCUT2D eigenvalue weighted by atomic mass is 10.1. The Hall–Kier alpha value is -1.64. The molecule has 1 heterocycles. The van der Waals surface area contributed by atoms with Gasteiger partial charge in [0, 0.05) is 25.7 Å². The second-order valence-corrected chi connectivity index (χ2v) is 9.15. The quantitative estimate of drug-likeness (QED) is 0.702. The molecule has 2 N–H and O–H groups in total. The van der Waals surface area contributed by atoms with Crippen LogP contribution in [0.4, 0.5) is 4.79 Å². The number of nitrogens with zero attached hydrogens (tertiary/aromatic N) is 2. The molecule has 0 aromatic heterocycles. The van der Waals surface area contributed by atoms with Gasteiger partial charge in [0.05, 0.1) is 11.8 Å². The Morgan fingerprint density at radius 2 is 1.85 bits per heavy atom. The predicted octanol–water partition coefficient (Wildman–Crippen LogP) is 1.79. The summed E-state index contributed by atoms with van der Waals surface area (Å²) in [5, 5.41) is 3.02. The first-order chi connectivity index (χ1) is 12.8. The van der Waals surface area contributed by atoms with Crippen LogP contribution in [0.1, 0.15) is 37.8 Å². The highest BCUT2D eigenvalue weighted by atomic mass is 32.2. The summed E-state index contributed by atoms with van der Waals surface area (Å²) in [5.74, 6) is 0.152. The van der Waals surface area contributed by atoms with Crippen molar-refractivity contribution in [2.45, 2.75) is 38.3 Å². The van der Waals surface area contributed by atoms with E-state index in [1.807, 2.05) is 39.2 Å². The van der Waals surface area contributed by atoms with Crippen molar-refractivity contribution in [3.63, 3.8) is 0 Å². The van der Waals surface area contributed by atoms with Crippen molar-refractivity contribution in [3.8, 4) is 0 Å². The Morgan fingerprint density at radius 3 is 2.41 bits per heavy atom. The van der Waals surface area contributed by atoms with Gasteiger partial charge in [-0.2, -0.15) is 0 Å². The summed E-state index contributed by atoms with van der Waals surface area (Å²) >= 11 is 0. The van der Waals surface area contributed by atoms with Crippen LogP contribution in [0.15, 0.2) is 30.3 Å². The number of carbonyl (C=O) groups is 1. The molecule has 1 aromatic rings. The highest BCUT2D eigenvalue weighted by molar-refractivity contribution is 7.89. The number of amides is 2. The number of urea groups is 1. The normalized spacial score (nSPS) is 17.1. The van der Waals surface area contributed by atoms with Crippen LogP contribution in [0, 0.1) is 0 Å². The first kappa shape index (κ1) is 21.7. The van der Waals surface area contributed by atoms with E-state index >= 15 is 0 Å². The van der Waals surface area contributed by atoms with Gasteiger partial charge in [0.25, 0.3) is 0 Å². The van der Waals surface area contributed by atoms with Crippen molar-refractivity contribution in [2.75, 3.05) is 39.5 Å². The molecule has 0 bridgehead atoms. The second kappa shape index (κ2) is 10.1. The number of sulfonamides is 1. The van der Waals surface area contributed by atoms with Gasteiger partial charge in [0.2, 0.25) is 10.0 Å². The molecule has 7 nitrogen and oxygen atoms in total. The third-order valence-electron chi connectivity index (χ3n) is 4.86. The zero-order valence-electron chi connectivity index (χ0n) is 16.5. The smallest absolute Gasteiger partial charge is 0.317 e. The van der Waals surface area contributed by atoms with Crippen LogP contribution in [0.25, 0.3) is 0 Å². The van der Waals surface area contributed by atoms with Gasteiger partial charge in [-0.05, 0) is 38.9 Å². The van der Waals surface area contributed by atoms with Crippen LogP contribution >= 0.6 is 0 Å². The molecule has 152 valence electrons. The zero-order valence-corrected chi connectivity index (χ0v) is 17.3. The van der Waals surface area contributed by atoms with Crippen molar-refractivity contribution in [1.82, 2.24) is 19.8 Å². The molecule has 2 rings (SSSR count). The van der Waals surface area contributed by atoms with E-state index in [-0.39, 0.29) is 23.9 Å². The van der Waals surface area contributed by atoms with Gasteiger partial charge < -0.3 is 15.1 Å². The number of hydrogen-bond donors (Lipinski definition) is 2. The largest absolute Gasteiger partial charge is 0.336 e. The number of benzene rings is 1. The van der Waals surface area contributed by atoms with E-state index in [4.69, 9.17) is 0 Å². The van der Waals surface area contributed by atoms with Gasteiger partial charge in [0.15, 0.2) is 0 Å². The van der Waals surface area contributed by atoms with Crippen LogP contribution < -0.4 is 10.0 Å². The maximum Gasteiger partial charge on any atom is 0.317 e. The molecule has 0 radical (unpaired) electrons. The number of carbonyl (C=O) groups excluding carboxylic acids is 1. The summed E-state index contributed by atoms with van der Waals surface area (Å²) in [6.07, 6.45) is 1.89. The topological polar surface area (TPSA) is 81.8 Å². The number of likely N-dealkylation sites (N-methyl/N-ethyl adjacent to an activating group) is 1. The molecule has 0 aliphatic carbocycles. The number of hydrogen-bond acceptors (Lipinski definition) is 4. The van der Waals surface area contributed by atoms with Crippen molar-refractivity contribution in [3.05, 3.63) is 35.9 Å². The maximum atomic E-state index is 12.5. The Labute approximate surface area is 163 Å². The van der Waals surface area contributed by atoms with Crippen LogP contribution in [0.5, 0.6) is 0 Å². The van der Waals surface area contributed by atoms with Crippen molar-refractivity contribution in [2.24, 2.45) is 0 Å². The van der Waals surface area contributed by atoms with Crippen LogP contribution in [0.2, 0.25) is 0 Å². The zero-order chi connectivity index (χ0) is 19.9. The highest BCUT2D eigenvalue weighted by Crippen LogP contribution is 2.17. The van der Waals surface area contributed by atoms with Crippen LogP contribution in [0.3, 0.4) is 0 Å². The van der Waals surface area contributed by atoms with Gasteiger partial charge in [-0.25, -0.2) is 17.9 Å². The van der Waals surface area contributed by atoms with E-state index in [9.17, 15) is 13.2 Å². The standard InChI is InChI=1S/C19H32N4O3S/c1-4-14-27(25,26)21-17-10-12-23(13-11-17)19(24)20-15-18(22(2)3)16-8-6-5-7-9-16/h5-9,17-18,21H,4,10-15H2,1-3H3,(H,20,24). The molecule has 1 atom stereocenters. The van der Waals surface area contributed by atoms with Crippen molar-refractivity contribution < 1.29 is 13.2 Å². The Morgan fingerprint density at radius 1 is 1.22 bits per heavy atom. The summed E-state index contributed by atoms with van der Waals surface area (Å²) in [7, 11) is 0.790. The third kappa shape index (κ3) is 6.79. The fourth-order valence-electron chi connectivity index (χ4n) is 3.35. The maximum absolute atomic E-state index is 12.5. The summed E-state index contributed by atoms with van der Waals surface area (Å²) in [5.41, 5.74) is 1.16. The van der Waals surface area contributed by atoms with Crippen LogP contribution in [-0.4, -0.2) is 69.8 Å². The minimum absolute atomic E-state index is 0.0792. The molecule has 0 saturated carbocycles. The molecule has 1 aromatic carbocycles. The average Bonchev–Trinajstić information content (AvgIpc) is 2.62. The van der Waals surface area contributed by atoms with Crippen molar-refractivity contribution >= 4 is 16.1 Å². The molecule has 0 spiro atoms. The fraction of sp³-hybridized carbons (Fsp3) is 0.632. The number of nitrogens with one attached hydrogen (secondary N) is 2. The fourth-order valence-corrected chi connectivity index (χ4v) is 4.75. The number of piperidine rings is 1. The molecule has 27 heavy (non-hydrogen) atoms. The number of rotatable bonds is 8. The van der Waals surface area contributed by atoms with Gasteiger partial charge in [-0.1, -0.05) is 37.3 Å². The summed E-state index contributed by atoms with van der Waals surface area (Å²) in [4.78, 5) is 16.4. The van der Waals surface area contributed by atoms with E-state index in [2.05, 4.69) is 27.1 Å². The molecular weight excluding hydrogens is 364 g/mol. The molecule has 1 aliphatic rings. The first-order valence-corrected chi connectivity index (χ1v) is 11.2. The molecule has 1 unspecified atom stereocenters. The first-order valence-electron chi connectivity index (χ1n) is 9.56. The molecule has 1 aliphatic heterocycles. The van der Waals surface area contributed by atoms with Gasteiger partial charge in [0.1, 0.15) is 0 Å². The summed E-state index contributed by atoms with van der Waals surface area (Å²) < 4.78 is 26.5. The van der Waals surface area contributed by atoms with E-state index < -0.39 is 10.0 Å². The minimum atomic E-state index is -3.21. The minimum Gasteiger partial charge on any atom is -0.336 e. The predicted molar refractivity (Wildman–Crippen MR) is 108 cm³/mol. The summed E-state index contributed by atoms with van der Waals surface area (Å²) in [6.45, 7) is 3.49. The Kier molecular flexibility index (Phi) is 8.07. The van der Waals surface area contributed by atoms with Gasteiger partial charge in [-0.3, -0.25) is 0 Å². The van der Waals surface area contributed by atoms with Crippen LogP contribution in [-0.2, 0) is 10.0 Å². The monoisotopic (exact) mass is 396 g/mol. The lowest BCUT2D eigenvalue weighted by Crippen LogP contribution is -2.50. The Bertz CT molecular complexity index is 686. The molecule has 1 saturated heterocycles. The second-order valence-electron chi connectivity index (χ2n) is 7.27. The third-order valence-corrected chi connectivity index (χ3v) is 6.49. The van der Waals surface area contributed by atoms with Gasteiger partial charge in [-0.15, -0.1) is 0 Å². The van der Waals surface area contributed by atoms with E-state index in [1.165, 1.54) is 0 Å². The SMILES string of the molecule is CCCS(=O)(=O)NC1CCN(C(=O)NCC(c2ccccc2)N(C)C)CC1. The summed E-state index contributed by atoms with van der Waals surface area (Å²) in [6, 6.07) is 10.0. The van der Waals surface area contributed by atoms with Gasteiger partial charge >= 0.3 is 6.03 Å². The van der Waals surface area contributed by atoms with Crippen molar-refractivity contribution in [1.29, 1.82) is 0 Å². The average molecular weight is 397 g/mol. The molecule has 8 heteroatoms. The van der Waals surface area contributed by atoms with E-state index in [0.29, 0.717) is 38.9 Å². The molecular formula is C19H32N4O3S. The molecule has 2 amide bonds. The highest BCUT2D eigenvalue weighted by Gasteiger charge is 2.26. The molecule has 1 fully saturated rings. The Balaban J connectivity index is 1.82. The number of likely N-dealkylation sites (tertiary alicyclic amines) is 1. The lowest BCUT2D eigenvalue weighted by molar-refractivity contribution is 0.175. The van der Waals surface area contributed by atoms with E-state index in [1.54, 1.807) is 4.90 Å².